The maximum Gasteiger partial charge on any atom is 0.303 e. The van der Waals surface area contributed by atoms with Crippen molar-refractivity contribution in [2.75, 3.05) is 0 Å². The Bertz CT molecular complexity index is 806. The van der Waals surface area contributed by atoms with E-state index < -0.39 is 5.97 Å². The Balaban J connectivity index is 1.67. The van der Waals surface area contributed by atoms with E-state index in [1.54, 1.807) is 0 Å². The van der Waals surface area contributed by atoms with Gasteiger partial charge in [0.1, 0.15) is 0 Å². The molecule has 1 aliphatic carbocycles. The Kier molecular flexibility index (Phi) is 8.25. The Morgan fingerprint density at radius 3 is 2.33 bits per heavy atom. The Morgan fingerprint density at radius 2 is 1.73 bits per heavy atom. The van der Waals surface area contributed by atoms with E-state index in [0.717, 1.165) is 42.5 Å². The molecule has 0 saturated heterocycles. The summed E-state index contributed by atoms with van der Waals surface area (Å²) in [6, 6.07) is 20.4. The molecule has 1 aliphatic rings. The topological polar surface area (TPSA) is 58.9 Å². The van der Waals surface area contributed by atoms with E-state index in [1.165, 1.54) is 0 Å². The fraction of sp³-hybridized carbons (Fsp3) is 0.385. The fourth-order valence-electron chi connectivity index (χ4n) is 3.99. The number of nitrogens with zero attached hydrogens (tertiary/aromatic N) is 1. The summed E-state index contributed by atoms with van der Waals surface area (Å²) in [5.41, 5.74) is 3.32. The zero-order chi connectivity index (χ0) is 21.2. The van der Waals surface area contributed by atoms with Crippen LogP contribution in [0.4, 0.5) is 0 Å². The molecule has 0 aliphatic heterocycles. The molecule has 1 fully saturated rings. The number of allylic oxidation sites excluding steroid dienone is 2. The molecule has 30 heavy (non-hydrogen) atoms. The van der Waals surface area contributed by atoms with Gasteiger partial charge >= 0.3 is 5.97 Å². The molecule has 0 heterocycles. The quantitative estimate of drug-likeness (QED) is 0.283. The normalized spacial score (nSPS) is 20.3. The monoisotopic (exact) mass is 405 g/mol. The zero-order valence-electron chi connectivity index (χ0n) is 17.6. The average Bonchev–Trinajstić information content (AvgIpc) is 3.11. The molecular formula is C26H31NO3. The number of rotatable bonds is 10. The van der Waals surface area contributed by atoms with Crippen LogP contribution in [-0.2, 0) is 9.63 Å². The van der Waals surface area contributed by atoms with Gasteiger partial charge in [-0.2, -0.15) is 0 Å². The number of benzene rings is 2. The molecule has 0 radical (unpaired) electrons. The highest BCUT2D eigenvalue weighted by Gasteiger charge is 2.30. The van der Waals surface area contributed by atoms with Crippen LogP contribution in [0.2, 0.25) is 0 Å². The van der Waals surface area contributed by atoms with Crippen molar-refractivity contribution in [2.45, 2.75) is 51.6 Å². The van der Waals surface area contributed by atoms with E-state index >= 15 is 0 Å². The zero-order valence-corrected chi connectivity index (χ0v) is 17.6. The summed E-state index contributed by atoms with van der Waals surface area (Å²) in [7, 11) is 0. The largest absolute Gasteiger partial charge is 0.481 e. The van der Waals surface area contributed by atoms with E-state index in [2.05, 4.69) is 48.5 Å². The molecule has 3 rings (SSSR count). The molecule has 1 saturated carbocycles. The summed E-state index contributed by atoms with van der Waals surface area (Å²) in [5, 5.41) is 13.4. The second kappa shape index (κ2) is 11.3. The minimum atomic E-state index is -0.731. The van der Waals surface area contributed by atoms with Gasteiger partial charge in [-0.25, -0.2) is 0 Å². The Hall–Kier alpha value is -2.88. The highest BCUT2D eigenvalue weighted by Crippen LogP contribution is 2.34. The third-order valence-corrected chi connectivity index (χ3v) is 5.77. The molecule has 4 nitrogen and oxygen atoms in total. The van der Waals surface area contributed by atoms with Gasteiger partial charge in [0.25, 0.3) is 0 Å². The van der Waals surface area contributed by atoms with Gasteiger partial charge in [0.05, 0.1) is 5.71 Å². The van der Waals surface area contributed by atoms with E-state index in [1.807, 2.05) is 36.4 Å². The molecule has 4 heteroatoms. The van der Waals surface area contributed by atoms with Crippen LogP contribution in [0.5, 0.6) is 0 Å². The van der Waals surface area contributed by atoms with Crippen LogP contribution in [0.1, 0.15) is 62.7 Å². The second-order valence-corrected chi connectivity index (χ2v) is 8.00. The molecular weight excluding hydrogens is 374 g/mol. The Morgan fingerprint density at radius 1 is 1.10 bits per heavy atom. The lowest BCUT2D eigenvalue weighted by Crippen LogP contribution is -2.13. The molecule has 0 amide bonds. The Labute approximate surface area is 179 Å². The van der Waals surface area contributed by atoms with Crippen LogP contribution < -0.4 is 0 Å². The summed E-state index contributed by atoms with van der Waals surface area (Å²) in [6.07, 6.45) is 8.80. The number of carboxylic acid groups (broad SMARTS) is 1. The molecule has 2 atom stereocenters. The van der Waals surface area contributed by atoms with Crippen molar-refractivity contribution in [1.82, 2.24) is 0 Å². The molecule has 0 spiro atoms. The maximum atomic E-state index is 10.6. The van der Waals surface area contributed by atoms with Gasteiger partial charge in [0.15, 0.2) is 6.10 Å². The third-order valence-electron chi connectivity index (χ3n) is 5.77. The molecule has 1 N–H and O–H groups in total. The number of carbonyl (C=O) groups is 1. The van der Waals surface area contributed by atoms with Crippen LogP contribution in [0.15, 0.2) is 78.0 Å². The SMILES string of the molecule is C[C@@H]1CC/C(=N\OC(c2ccccc2)c2ccccc2)[C@H]1C/C=C\CCCC(=O)O. The molecule has 2 aromatic carbocycles. The minimum Gasteiger partial charge on any atom is -0.481 e. The molecule has 0 bridgehead atoms. The maximum absolute atomic E-state index is 10.6. The lowest BCUT2D eigenvalue weighted by molar-refractivity contribution is -0.137. The van der Waals surface area contributed by atoms with Crippen LogP contribution in [0.3, 0.4) is 0 Å². The number of aliphatic carboxylic acids is 1. The van der Waals surface area contributed by atoms with Crippen LogP contribution in [0, 0.1) is 11.8 Å². The molecule has 0 aromatic heterocycles. The fourth-order valence-corrected chi connectivity index (χ4v) is 3.99. The molecule has 158 valence electrons. The summed E-state index contributed by atoms with van der Waals surface area (Å²) in [5.74, 6) is 0.224. The number of hydrogen-bond donors (Lipinski definition) is 1. The first-order chi connectivity index (χ1) is 14.6. The van der Waals surface area contributed by atoms with Crippen molar-refractivity contribution in [2.24, 2.45) is 17.0 Å². The summed E-state index contributed by atoms with van der Waals surface area (Å²) < 4.78 is 0. The van der Waals surface area contributed by atoms with E-state index in [9.17, 15) is 4.79 Å². The van der Waals surface area contributed by atoms with Crippen molar-refractivity contribution in [3.63, 3.8) is 0 Å². The van der Waals surface area contributed by atoms with E-state index in [-0.39, 0.29) is 12.5 Å². The van der Waals surface area contributed by atoms with Crippen molar-refractivity contribution < 1.29 is 14.7 Å². The van der Waals surface area contributed by atoms with Crippen molar-refractivity contribution >= 4 is 11.7 Å². The number of unbranched alkanes of at least 4 members (excludes halogenated alkanes) is 1. The van der Waals surface area contributed by atoms with Crippen LogP contribution in [-0.4, -0.2) is 16.8 Å². The highest BCUT2D eigenvalue weighted by molar-refractivity contribution is 5.88. The van der Waals surface area contributed by atoms with E-state index in [4.69, 9.17) is 9.94 Å². The lowest BCUT2D eigenvalue weighted by Gasteiger charge is -2.18. The van der Waals surface area contributed by atoms with Gasteiger partial charge in [0, 0.05) is 12.3 Å². The minimum absolute atomic E-state index is 0.219. The summed E-state index contributed by atoms with van der Waals surface area (Å²) in [6.45, 7) is 2.28. The van der Waals surface area contributed by atoms with Crippen LogP contribution in [0.25, 0.3) is 0 Å². The second-order valence-electron chi connectivity index (χ2n) is 8.00. The van der Waals surface area contributed by atoms with Gasteiger partial charge in [-0.1, -0.05) is 84.9 Å². The standard InChI is InChI=1S/C26H31NO3/c1-20-18-19-24(23(20)16-10-2-3-11-17-25(28)29)27-30-26(21-12-6-4-7-13-21)22-14-8-5-9-15-22/h2,4-10,12-15,20,23,26H,3,11,16-19H2,1H3,(H,28,29)/b10-2-,27-24+/t20-,23+/m1/s1. The van der Waals surface area contributed by atoms with Gasteiger partial charge in [-0.05, 0) is 49.1 Å². The van der Waals surface area contributed by atoms with E-state index in [0.29, 0.717) is 18.3 Å². The lowest BCUT2D eigenvalue weighted by atomic mass is 9.93. The summed E-state index contributed by atoms with van der Waals surface area (Å²) in [4.78, 5) is 16.8. The smallest absolute Gasteiger partial charge is 0.303 e. The first-order valence-electron chi connectivity index (χ1n) is 10.8. The van der Waals surface area contributed by atoms with Crippen molar-refractivity contribution in [1.29, 1.82) is 0 Å². The molecule has 2 aromatic rings. The van der Waals surface area contributed by atoms with Gasteiger partial charge in [0.2, 0.25) is 0 Å². The van der Waals surface area contributed by atoms with Crippen molar-refractivity contribution in [3.05, 3.63) is 83.9 Å². The first kappa shape index (κ1) is 21.8. The third kappa shape index (κ3) is 6.31. The predicted molar refractivity (Wildman–Crippen MR) is 120 cm³/mol. The predicted octanol–water partition coefficient (Wildman–Crippen LogP) is 6.40. The average molecular weight is 406 g/mol. The number of oxime groups is 1. The van der Waals surface area contributed by atoms with Gasteiger partial charge in [-0.15, -0.1) is 0 Å². The van der Waals surface area contributed by atoms with Crippen LogP contribution >= 0.6 is 0 Å². The number of hydrogen-bond acceptors (Lipinski definition) is 3. The van der Waals surface area contributed by atoms with Gasteiger partial charge < -0.3 is 9.94 Å². The number of carboxylic acids is 1. The first-order valence-corrected chi connectivity index (χ1v) is 10.8. The van der Waals surface area contributed by atoms with Gasteiger partial charge in [-0.3, -0.25) is 4.79 Å². The van der Waals surface area contributed by atoms with Crippen molar-refractivity contribution in [3.8, 4) is 0 Å². The highest BCUT2D eigenvalue weighted by atomic mass is 16.6. The summed E-state index contributed by atoms with van der Waals surface area (Å²) >= 11 is 0. The molecule has 0 unspecified atom stereocenters.